The molecule has 2 aromatic carbocycles. The second-order valence-electron chi connectivity index (χ2n) is 6.76. The number of carbonyl (C=O) groups excluding carboxylic acids is 1. The van der Waals surface area contributed by atoms with Gasteiger partial charge in [0.25, 0.3) is 11.6 Å². The van der Waals surface area contributed by atoms with Crippen molar-refractivity contribution in [3.05, 3.63) is 93.9 Å². The minimum atomic E-state index is -0.454. The summed E-state index contributed by atoms with van der Waals surface area (Å²) in [7, 11) is 0. The van der Waals surface area contributed by atoms with Crippen LogP contribution >= 0.6 is 12.2 Å². The van der Waals surface area contributed by atoms with Gasteiger partial charge in [0.15, 0.2) is 5.11 Å². The van der Waals surface area contributed by atoms with Gasteiger partial charge in [-0.1, -0.05) is 30.3 Å². The predicted octanol–water partition coefficient (Wildman–Crippen LogP) is 4.67. The maximum absolute atomic E-state index is 12.9. The summed E-state index contributed by atoms with van der Waals surface area (Å²) in [5, 5.41) is 14.1. The third kappa shape index (κ3) is 3.72. The molecular formula is C22H17N3O4S. The number of rotatable bonds is 5. The number of nitrogens with zero attached hydrogens (tertiary/aromatic N) is 2. The van der Waals surface area contributed by atoms with E-state index in [0.717, 1.165) is 5.56 Å². The molecule has 1 fully saturated rings. The highest BCUT2D eigenvalue weighted by molar-refractivity contribution is 7.80. The van der Waals surface area contributed by atoms with Gasteiger partial charge in [-0.2, -0.15) is 0 Å². The van der Waals surface area contributed by atoms with Crippen LogP contribution in [-0.4, -0.2) is 20.8 Å². The highest BCUT2D eigenvalue weighted by Crippen LogP contribution is 2.28. The maximum atomic E-state index is 12.9. The van der Waals surface area contributed by atoms with Crippen LogP contribution < -0.4 is 5.32 Å². The van der Waals surface area contributed by atoms with Crippen LogP contribution in [0.25, 0.3) is 17.4 Å². The molecule has 150 valence electrons. The monoisotopic (exact) mass is 419 g/mol. The number of nitro benzene ring substituents is 1. The predicted molar refractivity (Wildman–Crippen MR) is 116 cm³/mol. The van der Waals surface area contributed by atoms with E-state index in [1.807, 2.05) is 37.3 Å². The van der Waals surface area contributed by atoms with Gasteiger partial charge in [0, 0.05) is 23.8 Å². The van der Waals surface area contributed by atoms with Crippen LogP contribution in [0.3, 0.4) is 0 Å². The van der Waals surface area contributed by atoms with Gasteiger partial charge >= 0.3 is 0 Å². The van der Waals surface area contributed by atoms with E-state index in [2.05, 4.69) is 5.32 Å². The third-order valence-electron chi connectivity index (χ3n) is 4.85. The Kier molecular flexibility index (Phi) is 5.16. The van der Waals surface area contributed by atoms with E-state index in [1.165, 1.54) is 17.0 Å². The minimum Gasteiger partial charge on any atom is -0.457 e. The fourth-order valence-electron chi connectivity index (χ4n) is 3.26. The lowest BCUT2D eigenvalue weighted by molar-refractivity contribution is -0.384. The standard InChI is InChI=1S/C22H17N3O4S/c1-14(15-5-3-2-4-6-15)24-21(26)19(23-22(24)30)13-18-11-12-20(29-18)16-7-9-17(10-8-16)25(27)28/h2-14H,1H3,(H,23,30)/b19-13-. The van der Waals surface area contributed by atoms with Crippen LogP contribution in [0.5, 0.6) is 0 Å². The van der Waals surface area contributed by atoms with Crippen molar-refractivity contribution in [2.45, 2.75) is 13.0 Å². The van der Waals surface area contributed by atoms with Gasteiger partial charge in [0.1, 0.15) is 17.2 Å². The number of furan rings is 1. The second kappa shape index (κ2) is 7.92. The molecule has 1 aromatic heterocycles. The average molecular weight is 419 g/mol. The number of nitro groups is 1. The zero-order valence-corrected chi connectivity index (χ0v) is 16.8. The Balaban J connectivity index is 1.55. The number of benzene rings is 2. The summed E-state index contributed by atoms with van der Waals surface area (Å²) >= 11 is 5.37. The zero-order valence-electron chi connectivity index (χ0n) is 15.9. The number of thiocarbonyl (C=S) groups is 1. The Labute approximate surface area is 177 Å². The number of nitrogens with one attached hydrogen (secondary N) is 1. The van der Waals surface area contributed by atoms with Crippen LogP contribution in [0.15, 0.2) is 76.8 Å². The summed E-state index contributed by atoms with van der Waals surface area (Å²) in [4.78, 5) is 24.8. The smallest absolute Gasteiger partial charge is 0.277 e. The number of hydrogen-bond donors (Lipinski definition) is 1. The molecule has 1 aliphatic heterocycles. The minimum absolute atomic E-state index is 0.00883. The number of carbonyl (C=O) groups is 1. The second-order valence-corrected chi connectivity index (χ2v) is 7.14. The van der Waals surface area contributed by atoms with Gasteiger partial charge in [0.2, 0.25) is 0 Å². The summed E-state index contributed by atoms with van der Waals surface area (Å²) in [5.74, 6) is 0.778. The van der Waals surface area contributed by atoms with Crippen LogP contribution in [-0.2, 0) is 4.79 Å². The molecule has 1 atom stereocenters. The molecule has 1 amide bonds. The largest absolute Gasteiger partial charge is 0.457 e. The molecule has 8 heteroatoms. The first-order valence-corrected chi connectivity index (χ1v) is 9.61. The molecule has 3 aromatic rings. The first-order chi connectivity index (χ1) is 14.4. The van der Waals surface area contributed by atoms with Crippen molar-refractivity contribution in [1.29, 1.82) is 0 Å². The normalized spacial score (nSPS) is 16.0. The molecule has 0 bridgehead atoms. The van der Waals surface area contributed by atoms with E-state index in [-0.39, 0.29) is 17.6 Å². The molecule has 1 N–H and O–H groups in total. The van der Waals surface area contributed by atoms with E-state index in [0.29, 0.717) is 27.9 Å². The molecule has 0 radical (unpaired) electrons. The molecule has 2 heterocycles. The first-order valence-electron chi connectivity index (χ1n) is 9.20. The summed E-state index contributed by atoms with van der Waals surface area (Å²) < 4.78 is 5.80. The summed E-state index contributed by atoms with van der Waals surface area (Å²) in [6.07, 6.45) is 1.60. The van der Waals surface area contributed by atoms with E-state index >= 15 is 0 Å². The zero-order chi connectivity index (χ0) is 21.3. The Hall–Kier alpha value is -3.78. The summed E-state index contributed by atoms with van der Waals surface area (Å²) in [5.41, 5.74) is 2.02. The molecule has 4 rings (SSSR count). The van der Waals surface area contributed by atoms with E-state index in [9.17, 15) is 14.9 Å². The van der Waals surface area contributed by atoms with Crippen molar-refractivity contribution in [3.63, 3.8) is 0 Å². The lowest BCUT2D eigenvalue weighted by Crippen LogP contribution is -2.33. The molecule has 1 saturated heterocycles. The van der Waals surface area contributed by atoms with Gasteiger partial charge in [-0.25, -0.2) is 0 Å². The topological polar surface area (TPSA) is 88.6 Å². The lowest BCUT2D eigenvalue weighted by atomic mass is 10.1. The molecule has 0 aliphatic carbocycles. The maximum Gasteiger partial charge on any atom is 0.277 e. The fourth-order valence-corrected chi connectivity index (χ4v) is 3.61. The molecule has 1 aliphatic rings. The lowest BCUT2D eigenvalue weighted by Gasteiger charge is -2.23. The van der Waals surface area contributed by atoms with Crippen LogP contribution in [0.2, 0.25) is 0 Å². The summed E-state index contributed by atoms with van der Waals surface area (Å²) in [6.45, 7) is 1.92. The molecule has 30 heavy (non-hydrogen) atoms. The number of non-ortho nitro benzene ring substituents is 1. The number of amides is 1. The van der Waals surface area contributed by atoms with Crippen LogP contribution in [0, 0.1) is 10.1 Å². The van der Waals surface area contributed by atoms with Gasteiger partial charge in [-0.15, -0.1) is 0 Å². The van der Waals surface area contributed by atoms with Crippen molar-refractivity contribution in [3.8, 4) is 11.3 Å². The van der Waals surface area contributed by atoms with Crippen molar-refractivity contribution < 1.29 is 14.1 Å². The molecule has 0 spiro atoms. The van der Waals surface area contributed by atoms with Gasteiger partial charge in [-0.3, -0.25) is 19.8 Å². The van der Waals surface area contributed by atoms with Crippen molar-refractivity contribution >= 4 is 35.0 Å². The molecule has 7 nitrogen and oxygen atoms in total. The fraction of sp³-hybridized carbons (Fsp3) is 0.0909. The van der Waals surface area contributed by atoms with Crippen LogP contribution in [0.1, 0.15) is 24.3 Å². The van der Waals surface area contributed by atoms with E-state index in [1.54, 1.807) is 30.3 Å². The third-order valence-corrected chi connectivity index (χ3v) is 5.15. The van der Waals surface area contributed by atoms with E-state index in [4.69, 9.17) is 16.6 Å². The Morgan fingerprint density at radius 2 is 1.80 bits per heavy atom. The highest BCUT2D eigenvalue weighted by atomic mass is 32.1. The first kappa shape index (κ1) is 19.5. The summed E-state index contributed by atoms with van der Waals surface area (Å²) in [6, 6.07) is 19.0. The Bertz CT molecular complexity index is 1150. The highest BCUT2D eigenvalue weighted by Gasteiger charge is 2.35. The average Bonchev–Trinajstić information content (AvgIpc) is 3.33. The van der Waals surface area contributed by atoms with Crippen molar-refractivity contribution in [2.24, 2.45) is 0 Å². The Morgan fingerprint density at radius 1 is 1.10 bits per heavy atom. The molecular weight excluding hydrogens is 402 g/mol. The van der Waals surface area contributed by atoms with Gasteiger partial charge in [0.05, 0.1) is 11.0 Å². The van der Waals surface area contributed by atoms with Gasteiger partial charge < -0.3 is 9.73 Å². The quantitative estimate of drug-likeness (QED) is 0.280. The molecule has 0 saturated carbocycles. The van der Waals surface area contributed by atoms with Crippen molar-refractivity contribution in [1.82, 2.24) is 10.2 Å². The van der Waals surface area contributed by atoms with E-state index < -0.39 is 4.92 Å². The van der Waals surface area contributed by atoms with Crippen LogP contribution in [0.4, 0.5) is 5.69 Å². The SMILES string of the molecule is CC(c1ccccc1)N1C(=O)/C(=C/c2ccc(-c3ccc([N+](=O)[O-])cc3)o2)NC1=S. The number of hydrogen-bond acceptors (Lipinski definition) is 5. The Morgan fingerprint density at radius 3 is 2.47 bits per heavy atom. The molecule has 1 unspecified atom stereocenters. The van der Waals surface area contributed by atoms with Crippen molar-refractivity contribution in [2.75, 3.05) is 0 Å². The van der Waals surface area contributed by atoms with Gasteiger partial charge in [-0.05, 0) is 49.0 Å².